The van der Waals surface area contributed by atoms with Crippen LogP contribution in [0.2, 0.25) is 0 Å². The lowest BCUT2D eigenvalue weighted by atomic mass is 10.1. The molecular weight excluding hydrogens is 234 g/mol. The van der Waals surface area contributed by atoms with Crippen molar-refractivity contribution in [2.45, 2.75) is 32.2 Å². The van der Waals surface area contributed by atoms with E-state index in [4.69, 9.17) is 11.5 Å². The lowest BCUT2D eigenvalue weighted by Gasteiger charge is -2.09. The van der Waals surface area contributed by atoms with Crippen LogP contribution in [0.15, 0.2) is 11.3 Å². The second-order valence-corrected chi connectivity index (χ2v) is 3.95. The molecular formula is C10H19N7O. The Bertz CT molecular complexity index is 383. The number of nitrogens with zero attached hydrogens (tertiary/aromatic N) is 3. The predicted octanol–water partition coefficient (Wildman–Crippen LogP) is -0.382. The molecule has 0 saturated heterocycles. The first-order chi connectivity index (χ1) is 8.59. The van der Waals surface area contributed by atoms with E-state index < -0.39 is 6.04 Å². The third kappa shape index (κ3) is 5.39. The van der Waals surface area contributed by atoms with Crippen LogP contribution < -0.4 is 16.8 Å². The van der Waals surface area contributed by atoms with Crippen molar-refractivity contribution in [3.8, 4) is 0 Å². The van der Waals surface area contributed by atoms with E-state index >= 15 is 0 Å². The molecule has 1 atom stereocenters. The summed E-state index contributed by atoms with van der Waals surface area (Å²) in [5.74, 6) is 0.603. The number of amides is 1. The molecule has 8 nitrogen and oxygen atoms in total. The van der Waals surface area contributed by atoms with E-state index in [0.29, 0.717) is 24.7 Å². The first-order valence-corrected chi connectivity index (χ1v) is 5.78. The summed E-state index contributed by atoms with van der Waals surface area (Å²) in [6.45, 7) is 2.41. The van der Waals surface area contributed by atoms with Crippen molar-refractivity contribution in [2.75, 3.05) is 11.9 Å². The summed E-state index contributed by atoms with van der Waals surface area (Å²) in [6.07, 6.45) is 3.59. The molecule has 0 radical (unpaired) electrons. The normalized spacial score (nSPS) is 13.3. The van der Waals surface area contributed by atoms with Gasteiger partial charge in [-0.25, -0.2) is 5.10 Å². The van der Waals surface area contributed by atoms with Gasteiger partial charge in [0.1, 0.15) is 6.33 Å². The molecule has 1 rings (SSSR count). The highest BCUT2D eigenvalue weighted by Gasteiger charge is 2.13. The van der Waals surface area contributed by atoms with Crippen LogP contribution in [0.25, 0.3) is 0 Å². The standard InChI is InChI=1S/C10H19N7O/c1-7(11)13-5-3-2-4-8(12)9(18)16-10-14-6-15-17-10/h6,8H,2-5,12H2,1H3,(H2,11,13)(H2,14,15,16,17,18)/t8-/m0/s1. The molecule has 1 amide bonds. The molecule has 0 spiro atoms. The van der Waals surface area contributed by atoms with Gasteiger partial charge in [0.25, 0.3) is 0 Å². The van der Waals surface area contributed by atoms with Crippen LogP contribution in [0, 0.1) is 0 Å². The van der Waals surface area contributed by atoms with Gasteiger partial charge < -0.3 is 11.5 Å². The second kappa shape index (κ2) is 7.38. The minimum absolute atomic E-state index is 0.273. The Morgan fingerprint density at radius 2 is 2.39 bits per heavy atom. The first kappa shape index (κ1) is 14.1. The van der Waals surface area contributed by atoms with E-state index in [2.05, 4.69) is 25.5 Å². The number of aromatic amines is 1. The van der Waals surface area contributed by atoms with Crippen LogP contribution in [0.3, 0.4) is 0 Å². The number of nitrogens with two attached hydrogens (primary N) is 2. The smallest absolute Gasteiger partial charge is 0.243 e. The summed E-state index contributed by atoms with van der Waals surface area (Å²) in [5.41, 5.74) is 11.1. The maximum absolute atomic E-state index is 11.6. The van der Waals surface area contributed by atoms with Gasteiger partial charge in [-0.15, -0.1) is 0 Å². The van der Waals surface area contributed by atoms with E-state index in [1.54, 1.807) is 6.92 Å². The van der Waals surface area contributed by atoms with Crippen molar-refractivity contribution in [3.63, 3.8) is 0 Å². The minimum atomic E-state index is -0.557. The Labute approximate surface area is 105 Å². The number of hydrogen-bond donors (Lipinski definition) is 4. The number of carbonyl (C=O) groups excluding carboxylic acids is 1. The van der Waals surface area contributed by atoms with Crippen LogP contribution in [-0.4, -0.2) is 39.5 Å². The molecule has 6 N–H and O–H groups in total. The fraction of sp³-hybridized carbons (Fsp3) is 0.600. The number of unbranched alkanes of at least 4 members (excludes halogenated alkanes) is 1. The fourth-order valence-electron chi connectivity index (χ4n) is 1.34. The van der Waals surface area contributed by atoms with Gasteiger partial charge in [0.2, 0.25) is 11.9 Å². The Morgan fingerprint density at radius 3 is 3.00 bits per heavy atom. The number of rotatable bonds is 7. The molecule has 100 valence electrons. The third-order valence-electron chi connectivity index (χ3n) is 2.28. The monoisotopic (exact) mass is 253 g/mol. The summed E-state index contributed by atoms with van der Waals surface area (Å²) in [6, 6.07) is -0.557. The Kier molecular flexibility index (Phi) is 5.78. The van der Waals surface area contributed by atoms with Gasteiger partial charge in [-0.1, -0.05) is 0 Å². The molecule has 1 aromatic rings. The maximum atomic E-state index is 11.6. The molecule has 1 heterocycles. The van der Waals surface area contributed by atoms with Crippen molar-refractivity contribution in [3.05, 3.63) is 6.33 Å². The second-order valence-electron chi connectivity index (χ2n) is 3.95. The molecule has 1 aromatic heterocycles. The van der Waals surface area contributed by atoms with Crippen LogP contribution in [-0.2, 0) is 4.79 Å². The topological polar surface area (TPSA) is 135 Å². The number of carbonyl (C=O) groups is 1. The molecule has 8 heteroatoms. The lowest BCUT2D eigenvalue weighted by Crippen LogP contribution is -2.35. The first-order valence-electron chi connectivity index (χ1n) is 5.78. The molecule has 0 aromatic carbocycles. The molecule has 0 bridgehead atoms. The SMILES string of the molecule is CC(N)=NCCCC[C@H](N)C(=O)Nc1ncn[nH]1. The lowest BCUT2D eigenvalue weighted by molar-refractivity contribution is -0.117. The van der Waals surface area contributed by atoms with Gasteiger partial charge in [0, 0.05) is 6.54 Å². The number of hydrogen-bond acceptors (Lipinski definition) is 5. The largest absolute Gasteiger partial charge is 0.388 e. The van der Waals surface area contributed by atoms with Crippen molar-refractivity contribution < 1.29 is 4.79 Å². The summed E-state index contributed by atoms with van der Waals surface area (Å²) in [4.78, 5) is 19.4. The minimum Gasteiger partial charge on any atom is -0.388 e. The van der Waals surface area contributed by atoms with E-state index in [1.807, 2.05) is 0 Å². The zero-order chi connectivity index (χ0) is 13.4. The van der Waals surface area contributed by atoms with Gasteiger partial charge >= 0.3 is 0 Å². The van der Waals surface area contributed by atoms with Crippen LogP contribution in [0.4, 0.5) is 5.95 Å². The predicted molar refractivity (Wildman–Crippen MR) is 69.0 cm³/mol. The Hall–Kier alpha value is -1.96. The zero-order valence-corrected chi connectivity index (χ0v) is 10.4. The van der Waals surface area contributed by atoms with Crippen molar-refractivity contribution in [2.24, 2.45) is 16.5 Å². The summed E-state index contributed by atoms with van der Waals surface area (Å²) in [5, 5.41) is 8.69. The number of amidine groups is 1. The number of nitrogens with one attached hydrogen (secondary N) is 2. The van der Waals surface area contributed by atoms with Crippen LogP contribution in [0.5, 0.6) is 0 Å². The van der Waals surface area contributed by atoms with E-state index in [0.717, 1.165) is 12.8 Å². The highest BCUT2D eigenvalue weighted by Crippen LogP contribution is 2.02. The highest BCUT2D eigenvalue weighted by molar-refractivity contribution is 5.93. The summed E-state index contributed by atoms with van der Waals surface area (Å²) < 4.78 is 0. The Morgan fingerprint density at radius 1 is 1.61 bits per heavy atom. The van der Waals surface area contributed by atoms with Crippen molar-refractivity contribution >= 4 is 17.7 Å². The molecule has 0 fully saturated rings. The Balaban J connectivity index is 2.18. The zero-order valence-electron chi connectivity index (χ0n) is 10.4. The molecule has 0 aliphatic rings. The van der Waals surface area contributed by atoms with Gasteiger partial charge in [0.05, 0.1) is 11.9 Å². The number of aromatic nitrogens is 3. The molecule has 0 saturated carbocycles. The third-order valence-corrected chi connectivity index (χ3v) is 2.28. The summed E-state index contributed by atoms with van der Waals surface area (Å²) >= 11 is 0. The number of H-pyrrole nitrogens is 1. The van der Waals surface area contributed by atoms with Crippen molar-refractivity contribution in [1.29, 1.82) is 0 Å². The van der Waals surface area contributed by atoms with Gasteiger partial charge in [-0.2, -0.15) is 10.1 Å². The van der Waals surface area contributed by atoms with Crippen LogP contribution >= 0.6 is 0 Å². The van der Waals surface area contributed by atoms with E-state index in [-0.39, 0.29) is 5.91 Å². The average molecular weight is 253 g/mol. The van der Waals surface area contributed by atoms with Crippen LogP contribution in [0.1, 0.15) is 26.2 Å². The van der Waals surface area contributed by atoms with Crippen molar-refractivity contribution in [1.82, 2.24) is 15.2 Å². The summed E-state index contributed by atoms with van der Waals surface area (Å²) in [7, 11) is 0. The maximum Gasteiger partial charge on any atom is 0.243 e. The fourth-order valence-corrected chi connectivity index (χ4v) is 1.34. The quantitative estimate of drug-likeness (QED) is 0.298. The highest BCUT2D eigenvalue weighted by atomic mass is 16.2. The number of anilines is 1. The molecule has 0 unspecified atom stereocenters. The van der Waals surface area contributed by atoms with Gasteiger partial charge in [-0.3, -0.25) is 15.1 Å². The van der Waals surface area contributed by atoms with E-state index in [1.165, 1.54) is 6.33 Å². The van der Waals surface area contributed by atoms with Gasteiger partial charge in [-0.05, 0) is 26.2 Å². The number of aliphatic imine (C=N–C) groups is 1. The average Bonchev–Trinajstić information content (AvgIpc) is 2.80. The van der Waals surface area contributed by atoms with Gasteiger partial charge in [0.15, 0.2) is 0 Å². The molecule has 18 heavy (non-hydrogen) atoms. The van der Waals surface area contributed by atoms with E-state index in [9.17, 15) is 4.79 Å². The molecule has 0 aliphatic heterocycles. The molecule has 0 aliphatic carbocycles.